The lowest BCUT2D eigenvalue weighted by Gasteiger charge is -2.11. The molecule has 0 saturated carbocycles. The van der Waals surface area contributed by atoms with Crippen molar-refractivity contribution in [3.05, 3.63) is 76.8 Å². The largest absolute Gasteiger partial charge is 0.399 e. The van der Waals surface area contributed by atoms with Gasteiger partial charge < -0.3 is 11.1 Å². The number of rotatable bonds is 3. The van der Waals surface area contributed by atoms with Crippen molar-refractivity contribution in [2.45, 2.75) is 6.92 Å². The van der Waals surface area contributed by atoms with Crippen LogP contribution in [0.4, 0.5) is 11.4 Å². The Kier molecular flexibility index (Phi) is 4.56. The molecule has 27 heavy (non-hydrogen) atoms. The molecule has 4 rings (SSSR count). The molecule has 3 N–H and O–H groups in total. The summed E-state index contributed by atoms with van der Waals surface area (Å²) in [5.74, 6) is -0.295. The number of carbonyl (C=O) groups excluding carboxylic acids is 1. The molecule has 0 aliphatic carbocycles. The zero-order valence-corrected chi connectivity index (χ0v) is 16.1. The molecule has 0 spiro atoms. The minimum absolute atomic E-state index is 0.295. The first-order valence-corrected chi connectivity index (χ1v) is 9.54. The second-order valence-electron chi connectivity index (χ2n) is 6.21. The topological polar surface area (TPSA) is 68.0 Å². The monoisotopic (exact) mass is 393 g/mol. The van der Waals surface area contributed by atoms with Crippen molar-refractivity contribution < 1.29 is 4.79 Å². The number of aryl methyl sites for hydroxylation is 1. The maximum absolute atomic E-state index is 12.7. The summed E-state index contributed by atoms with van der Waals surface area (Å²) in [5, 5.41) is 4.21. The van der Waals surface area contributed by atoms with E-state index in [1.165, 1.54) is 0 Å². The minimum Gasteiger partial charge on any atom is -0.399 e. The Labute approximate surface area is 165 Å². The predicted molar refractivity (Wildman–Crippen MR) is 114 cm³/mol. The Morgan fingerprint density at radius 3 is 2.74 bits per heavy atom. The van der Waals surface area contributed by atoms with Gasteiger partial charge in [-0.15, -0.1) is 11.3 Å². The van der Waals surface area contributed by atoms with Gasteiger partial charge in [-0.05, 0) is 48.9 Å². The molecule has 6 heteroatoms. The SMILES string of the molecule is Cc1ccc(-c2nc3ccccc3s2)cc1NC(=O)c1cc(N)ccc1Cl. The summed E-state index contributed by atoms with van der Waals surface area (Å²) in [6, 6.07) is 18.8. The maximum Gasteiger partial charge on any atom is 0.257 e. The standard InChI is InChI=1S/C21H16ClN3OS/c1-12-6-7-13(21-25-17-4-2-3-5-19(17)27-21)10-18(12)24-20(26)15-11-14(23)8-9-16(15)22/h2-11H,23H2,1H3,(H,24,26). The molecular weight excluding hydrogens is 378 g/mol. The molecule has 0 atom stereocenters. The van der Waals surface area contributed by atoms with Crippen molar-refractivity contribution in [1.82, 2.24) is 4.98 Å². The molecule has 0 bridgehead atoms. The number of halogens is 1. The molecule has 1 heterocycles. The molecular formula is C21H16ClN3OS. The van der Waals surface area contributed by atoms with Crippen LogP contribution in [0, 0.1) is 6.92 Å². The lowest BCUT2D eigenvalue weighted by Crippen LogP contribution is -2.13. The van der Waals surface area contributed by atoms with E-state index in [1.54, 1.807) is 29.5 Å². The molecule has 0 aliphatic rings. The Bertz CT molecular complexity index is 1140. The highest BCUT2D eigenvalue weighted by atomic mass is 35.5. The van der Waals surface area contributed by atoms with Crippen LogP contribution in [-0.2, 0) is 0 Å². The van der Waals surface area contributed by atoms with Gasteiger partial charge in [-0.1, -0.05) is 35.9 Å². The average molecular weight is 394 g/mol. The number of nitrogens with zero attached hydrogens (tertiary/aromatic N) is 1. The Hall–Kier alpha value is -2.89. The third-order valence-corrected chi connectivity index (χ3v) is 5.68. The van der Waals surface area contributed by atoms with Gasteiger partial charge in [-0.3, -0.25) is 4.79 Å². The number of fused-ring (bicyclic) bond motifs is 1. The Balaban J connectivity index is 1.68. The van der Waals surface area contributed by atoms with Gasteiger partial charge in [0.1, 0.15) is 5.01 Å². The van der Waals surface area contributed by atoms with Crippen LogP contribution in [0.5, 0.6) is 0 Å². The molecule has 3 aromatic carbocycles. The molecule has 0 unspecified atom stereocenters. The lowest BCUT2D eigenvalue weighted by molar-refractivity contribution is 0.102. The van der Waals surface area contributed by atoms with Gasteiger partial charge in [0.2, 0.25) is 0 Å². The zero-order valence-electron chi connectivity index (χ0n) is 14.5. The molecule has 134 valence electrons. The zero-order chi connectivity index (χ0) is 19.0. The minimum atomic E-state index is -0.295. The fourth-order valence-electron chi connectivity index (χ4n) is 2.79. The van der Waals surface area contributed by atoms with Gasteiger partial charge in [0.25, 0.3) is 5.91 Å². The summed E-state index contributed by atoms with van der Waals surface area (Å²) in [6.07, 6.45) is 0. The van der Waals surface area contributed by atoms with Crippen molar-refractivity contribution in [3.63, 3.8) is 0 Å². The van der Waals surface area contributed by atoms with Crippen molar-refractivity contribution in [3.8, 4) is 10.6 Å². The van der Waals surface area contributed by atoms with E-state index in [9.17, 15) is 4.79 Å². The van der Waals surface area contributed by atoms with Crippen LogP contribution in [0.3, 0.4) is 0 Å². The number of carbonyl (C=O) groups is 1. The number of hydrogen-bond donors (Lipinski definition) is 2. The molecule has 0 saturated heterocycles. The molecule has 0 aliphatic heterocycles. The number of thiazole rings is 1. The van der Waals surface area contributed by atoms with Crippen LogP contribution in [0.2, 0.25) is 5.02 Å². The number of benzene rings is 3. The van der Waals surface area contributed by atoms with E-state index in [4.69, 9.17) is 17.3 Å². The van der Waals surface area contributed by atoms with Gasteiger partial charge >= 0.3 is 0 Å². The molecule has 1 amide bonds. The molecule has 0 fully saturated rings. The van der Waals surface area contributed by atoms with Gasteiger partial charge in [0, 0.05) is 16.9 Å². The van der Waals surface area contributed by atoms with E-state index >= 15 is 0 Å². The number of aromatic nitrogens is 1. The highest BCUT2D eigenvalue weighted by Crippen LogP contribution is 2.32. The number of nitrogens with two attached hydrogens (primary N) is 1. The van der Waals surface area contributed by atoms with Crippen LogP contribution in [0.15, 0.2) is 60.7 Å². The van der Waals surface area contributed by atoms with E-state index < -0.39 is 0 Å². The summed E-state index contributed by atoms with van der Waals surface area (Å²) in [4.78, 5) is 17.3. The van der Waals surface area contributed by atoms with E-state index in [2.05, 4.69) is 16.4 Å². The number of amides is 1. The lowest BCUT2D eigenvalue weighted by atomic mass is 10.1. The average Bonchev–Trinajstić information content (AvgIpc) is 3.09. The second kappa shape index (κ2) is 7.02. The number of anilines is 2. The predicted octanol–water partition coefficient (Wildman–Crippen LogP) is 5.76. The summed E-state index contributed by atoms with van der Waals surface area (Å²) in [6.45, 7) is 1.94. The Morgan fingerprint density at radius 2 is 1.93 bits per heavy atom. The normalized spacial score (nSPS) is 10.9. The third-order valence-electron chi connectivity index (χ3n) is 4.26. The Morgan fingerprint density at radius 1 is 1.11 bits per heavy atom. The van der Waals surface area contributed by atoms with E-state index in [0.717, 1.165) is 32.0 Å². The maximum atomic E-state index is 12.7. The molecule has 4 aromatic rings. The van der Waals surface area contributed by atoms with Gasteiger partial charge in [-0.25, -0.2) is 4.98 Å². The van der Waals surface area contributed by atoms with E-state index in [-0.39, 0.29) is 5.91 Å². The van der Waals surface area contributed by atoms with Crippen molar-refractivity contribution in [1.29, 1.82) is 0 Å². The summed E-state index contributed by atoms with van der Waals surface area (Å²) >= 11 is 7.77. The van der Waals surface area contributed by atoms with E-state index in [0.29, 0.717) is 16.3 Å². The third kappa shape index (κ3) is 3.52. The van der Waals surface area contributed by atoms with Crippen LogP contribution in [-0.4, -0.2) is 10.9 Å². The second-order valence-corrected chi connectivity index (χ2v) is 7.65. The van der Waals surface area contributed by atoms with Gasteiger partial charge in [0.05, 0.1) is 20.8 Å². The highest BCUT2D eigenvalue weighted by Gasteiger charge is 2.14. The first kappa shape index (κ1) is 17.5. The number of nitrogen functional groups attached to an aromatic ring is 1. The highest BCUT2D eigenvalue weighted by molar-refractivity contribution is 7.21. The molecule has 1 aromatic heterocycles. The van der Waals surface area contributed by atoms with Crippen molar-refractivity contribution in [2.24, 2.45) is 0 Å². The van der Waals surface area contributed by atoms with Crippen LogP contribution in [0.25, 0.3) is 20.8 Å². The number of para-hydroxylation sites is 1. The van der Waals surface area contributed by atoms with Crippen molar-refractivity contribution in [2.75, 3.05) is 11.1 Å². The summed E-state index contributed by atoms with van der Waals surface area (Å²) < 4.78 is 1.13. The smallest absolute Gasteiger partial charge is 0.257 e. The van der Waals surface area contributed by atoms with Crippen molar-refractivity contribution >= 4 is 50.4 Å². The summed E-state index contributed by atoms with van der Waals surface area (Å²) in [5.41, 5.74) is 10.2. The number of hydrogen-bond acceptors (Lipinski definition) is 4. The van der Waals surface area contributed by atoms with Crippen LogP contribution >= 0.6 is 22.9 Å². The fraction of sp³-hybridized carbons (Fsp3) is 0.0476. The molecule has 4 nitrogen and oxygen atoms in total. The fourth-order valence-corrected chi connectivity index (χ4v) is 3.96. The van der Waals surface area contributed by atoms with Gasteiger partial charge in [0.15, 0.2) is 0 Å². The first-order chi connectivity index (χ1) is 13.0. The molecule has 0 radical (unpaired) electrons. The quantitative estimate of drug-likeness (QED) is 0.435. The van der Waals surface area contributed by atoms with Gasteiger partial charge in [-0.2, -0.15) is 0 Å². The number of nitrogens with one attached hydrogen (secondary N) is 1. The van der Waals surface area contributed by atoms with E-state index in [1.807, 2.05) is 43.3 Å². The summed E-state index contributed by atoms with van der Waals surface area (Å²) in [7, 11) is 0. The first-order valence-electron chi connectivity index (χ1n) is 8.34. The van der Waals surface area contributed by atoms with Crippen LogP contribution in [0.1, 0.15) is 15.9 Å². The van der Waals surface area contributed by atoms with Crippen LogP contribution < -0.4 is 11.1 Å².